The Morgan fingerprint density at radius 3 is 2.83 bits per heavy atom. The smallest absolute Gasteiger partial charge is 0.245 e. The molecule has 0 bridgehead atoms. The van der Waals surface area contributed by atoms with Crippen molar-refractivity contribution in [2.45, 2.75) is 31.2 Å². The molecular formula is C14H15N3O. The summed E-state index contributed by atoms with van der Waals surface area (Å²) in [6, 6.07) is 7.72. The maximum Gasteiger partial charge on any atom is 0.245 e. The number of nitriles is 1. The van der Waals surface area contributed by atoms with E-state index in [0.717, 1.165) is 31.4 Å². The Kier molecular flexibility index (Phi) is 3.73. The molecule has 2 rings (SSSR count). The first kappa shape index (κ1) is 12.3. The van der Waals surface area contributed by atoms with E-state index in [0.29, 0.717) is 0 Å². The average Bonchev–Trinajstić information content (AvgIpc) is 2.87. The number of hydrogen-bond acceptors (Lipinski definition) is 3. The van der Waals surface area contributed by atoms with Gasteiger partial charge in [0.05, 0.1) is 11.8 Å². The fourth-order valence-corrected chi connectivity index (χ4v) is 2.16. The molecule has 0 atom stereocenters. The number of pyridine rings is 1. The number of aromatic nitrogens is 1. The number of nitrogens with zero attached hydrogens (tertiary/aromatic N) is 2. The molecule has 0 aliphatic heterocycles. The predicted octanol–water partition coefficient (Wildman–Crippen LogP) is 2.05. The molecule has 1 heterocycles. The van der Waals surface area contributed by atoms with Crippen LogP contribution in [-0.4, -0.2) is 16.4 Å². The van der Waals surface area contributed by atoms with Crippen LogP contribution in [0.1, 0.15) is 31.4 Å². The fourth-order valence-electron chi connectivity index (χ4n) is 2.16. The van der Waals surface area contributed by atoms with Crippen molar-refractivity contribution in [2.75, 3.05) is 0 Å². The van der Waals surface area contributed by atoms with E-state index in [1.807, 2.05) is 18.2 Å². The number of carbonyl (C=O) groups is 1. The number of carbonyl (C=O) groups excluding carboxylic acids is 1. The Balaban J connectivity index is 1.97. The van der Waals surface area contributed by atoms with Crippen molar-refractivity contribution in [3.05, 3.63) is 36.2 Å². The van der Waals surface area contributed by atoms with Gasteiger partial charge in [0.1, 0.15) is 5.54 Å². The van der Waals surface area contributed by atoms with E-state index in [-0.39, 0.29) is 5.91 Å². The molecular weight excluding hydrogens is 226 g/mol. The molecule has 1 amide bonds. The van der Waals surface area contributed by atoms with Gasteiger partial charge in [-0.15, -0.1) is 0 Å². The summed E-state index contributed by atoms with van der Waals surface area (Å²) in [6.07, 6.45) is 8.23. The summed E-state index contributed by atoms with van der Waals surface area (Å²) in [5, 5.41) is 11.9. The zero-order chi connectivity index (χ0) is 12.8. The molecule has 1 aliphatic carbocycles. The van der Waals surface area contributed by atoms with Crippen LogP contribution in [0.2, 0.25) is 0 Å². The van der Waals surface area contributed by atoms with Crippen LogP contribution in [0.5, 0.6) is 0 Å². The van der Waals surface area contributed by atoms with Crippen molar-refractivity contribution in [2.24, 2.45) is 0 Å². The Hall–Kier alpha value is -2.15. The molecule has 0 radical (unpaired) electrons. The summed E-state index contributed by atoms with van der Waals surface area (Å²) in [5.74, 6) is -0.232. The van der Waals surface area contributed by atoms with Gasteiger partial charge >= 0.3 is 0 Å². The summed E-state index contributed by atoms with van der Waals surface area (Å²) in [4.78, 5) is 15.8. The normalized spacial score (nSPS) is 17.5. The quantitative estimate of drug-likeness (QED) is 0.823. The lowest BCUT2D eigenvalue weighted by atomic mass is 10.00. The third-order valence-electron chi connectivity index (χ3n) is 3.13. The van der Waals surface area contributed by atoms with E-state index < -0.39 is 5.54 Å². The molecule has 0 spiro atoms. The van der Waals surface area contributed by atoms with Crippen LogP contribution in [0.25, 0.3) is 6.08 Å². The highest BCUT2D eigenvalue weighted by Gasteiger charge is 2.34. The monoisotopic (exact) mass is 241 g/mol. The van der Waals surface area contributed by atoms with Crippen molar-refractivity contribution in [3.8, 4) is 6.07 Å². The van der Waals surface area contributed by atoms with Crippen molar-refractivity contribution < 1.29 is 4.79 Å². The Bertz CT molecular complexity index is 482. The lowest BCUT2D eigenvalue weighted by molar-refractivity contribution is -0.117. The van der Waals surface area contributed by atoms with Crippen molar-refractivity contribution in [1.82, 2.24) is 10.3 Å². The first-order chi connectivity index (χ1) is 8.74. The van der Waals surface area contributed by atoms with Crippen LogP contribution in [0, 0.1) is 11.3 Å². The van der Waals surface area contributed by atoms with Gasteiger partial charge in [0.2, 0.25) is 5.91 Å². The molecule has 1 fully saturated rings. The molecule has 18 heavy (non-hydrogen) atoms. The van der Waals surface area contributed by atoms with E-state index in [9.17, 15) is 4.79 Å². The summed E-state index contributed by atoms with van der Waals surface area (Å²) in [7, 11) is 0. The minimum absolute atomic E-state index is 0.232. The minimum atomic E-state index is -0.661. The lowest BCUT2D eigenvalue weighted by Crippen LogP contribution is -2.44. The van der Waals surface area contributed by atoms with Gasteiger partial charge in [-0.3, -0.25) is 9.78 Å². The van der Waals surface area contributed by atoms with Gasteiger partial charge in [-0.2, -0.15) is 5.26 Å². The highest BCUT2D eigenvalue weighted by atomic mass is 16.1. The average molecular weight is 241 g/mol. The van der Waals surface area contributed by atoms with Crippen molar-refractivity contribution in [3.63, 3.8) is 0 Å². The third-order valence-corrected chi connectivity index (χ3v) is 3.13. The predicted molar refractivity (Wildman–Crippen MR) is 68.2 cm³/mol. The van der Waals surface area contributed by atoms with Gasteiger partial charge in [0, 0.05) is 12.3 Å². The van der Waals surface area contributed by atoms with E-state index in [1.54, 1.807) is 12.3 Å². The van der Waals surface area contributed by atoms with E-state index in [1.165, 1.54) is 6.08 Å². The van der Waals surface area contributed by atoms with Gasteiger partial charge in [0.15, 0.2) is 0 Å². The van der Waals surface area contributed by atoms with Gasteiger partial charge < -0.3 is 5.32 Å². The van der Waals surface area contributed by atoms with Crippen LogP contribution in [-0.2, 0) is 4.79 Å². The van der Waals surface area contributed by atoms with Crippen molar-refractivity contribution >= 4 is 12.0 Å². The largest absolute Gasteiger partial charge is 0.334 e. The maximum absolute atomic E-state index is 11.8. The topological polar surface area (TPSA) is 65.8 Å². The molecule has 0 unspecified atom stereocenters. The van der Waals surface area contributed by atoms with Crippen LogP contribution in [0.3, 0.4) is 0 Å². The van der Waals surface area contributed by atoms with Gasteiger partial charge in [-0.25, -0.2) is 0 Å². The molecule has 4 nitrogen and oxygen atoms in total. The van der Waals surface area contributed by atoms with Crippen LogP contribution in [0.15, 0.2) is 30.5 Å². The highest BCUT2D eigenvalue weighted by molar-refractivity contribution is 5.92. The Morgan fingerprint density at radius 1 is 1.44 bits per heavy atom. The molecule has 1 aromatic rings. The first-order valence-electron chi connectivity index (χ1n) is 6.07. The van der Waals surface area contributed by atoms with Crippen molar-refractivity contribution in [1.29, 1.82) is 5.26 Å². The molecule has 0 saturated heterocycles. The Morgan fingerprint density at radius 2 is 2.22 bits per heavy atom. The molecule has 1 saturated carbocycles. The van der Waals surface area contributed by atoms with Gasteiger partial charge in [0.25, 0.3) is 0 Å². The molecule has 1 aliphatic rings. The molecule has 4 heteroatoms. The zero-order valence-corrected chi connectivity index (χ0v) is 10.1. The Labute approximate surface area is 106 Å². The van der Waals surface area contributed by atoms with Crippen LogP contribution >= 0.6 is 0 Å². The van der Waals surface area contributed by atoms with Gasteiger partial charge in [-0.05, 0) is 43.9 Å². The summed E-state index contributed by atoms with van der Waals surface area (Å²) in [6.45, 7) is 0. The lowest BCUT2D eigenvalue weighted by Gasteiger charge is -2.20. The third kappa shape index (κ3) is 2.95. The number of amides is 1. The summed E-state index contributed by atoms with van der Waals surface area (Å²) >= 11 is 0. The van der Waals surface area contributed by atoms with E-state index >= 15 is 0 Å². The summed E-state index contributed by atoms with van der Waals surface area (Å²) in [5.41, 5.74) is 0.0658. The minimum Gasteiger partial charge on any atom is -0.334 e. The second kappa shape index (κ2) is 5.46. The second-order valence-corrected chi connectivity index (χ2v) is 4.48. The van der Waals surface area contributed by atoms with E-state index in [2.05, 4.69) is 16.4 Å². The first-order valence-corrected chi connectivity index (χ1v) is 6.07. The SMILES string of the molecule is N#CC1(NC(=O)/C=C/c2ccccn2)CCCC1. The highest BCUT2D eigenvalue weighted by Crippen LogP contribution is 2.28. The van der Waals surface area contributed by atoms with E-state index in [4.69, 9.17) is 5.26 Å². The number of nitrogens with one attached hydrogen (secondary N) is 1. The van der Waals surface area contributed by atoms with Crippen LogP contribution in [0.4, 0.5) is 0 Å². The number of hydrogen-bond donors (Lipinski definition) is 1. The number of rotatable bonds is 3. The molecule has 1 aromatic heterocycles. The molecule has 92 valence electrons. The van der Waals surface area contributed by atoms with Gasteiger partial charge in [-0.1, -0.05) is 6.07 Å². The summed E-state index contributed by atoms with van der Waals surface area (Å²) < 4.78 is 0. The fraction of sp³-hybridized carbons (Fsp3) is 0.357. The zero-order valence-electron chi connectivity index (χ0n) is 10.1. The molecule has 1 N–H and O–H groups in total. The maximum atomic E-state index is 11.8. The standard InChI is InChI=1S/C14H15N3O/c15-11-14(8-2-3-9-14)17-13(18)7-6-12-5-1-4-10-16-12/h1,4-7,10H,2-3,8-9H2,(H,17,18)/b7-6+. The second-order valence-electron chi connectivity index (χ2n) is 4.48. The molecule has 0 aromatic carbocycles. The van der Waals surface area contributed by atoms with Crippen LogP contribution < -0.4 is 5.32 Å².